The monoisotopic (exact) mass is 392 g/mol. The molecule has 2 aromatic rings. The third kappa shape index (κ3) is 4.33. The lowest BCUT2D eigenvalue weighted by Gasteiger charge is -2.31. The molecule has 1 aromatic carbocycles. The van der Waals surface area contributed by atoms with Crippen LogP contribution in [0.3, 0.4) is 0 Å². The quantitative estimate of drug-likeness (QED) is 0.749. The van der Waals surface area contributed by atoms with E-state index in [1.807, 2.05) is 0 Å². The molecule has 0 atom stereocenters. The number of alkyl halides is 3. The maximum atomic E-state index is 12.6. The smallest absolute Gasteiger partial charge is 0.250 e. The fraction of sp³-hybridized carbons (Fsp3) is 0.429. The Morgan fingerprint density at radius 3 is 2.28 bits per heavy atom. The summed E-state index contributed by atoms with van der Waals surface area (Å²) in [7, 11) is -3.72. The van der Waals surface area contributed by atoms with Crippen molar-refractivity contribution in [2.45, 2.75) is 34.2 Å². The molecule has 1 aliphatic rings. The Morgan fingerprint density at radius 2 is 1.76 bits per heavy atom. The van der Waals surface area contributed by atoms with Crippen molar-refractivity contribution in [3.05, 3.63) is 36.9 Å². The lowest BCUT2D eigenvalue weighted by molar-refractivity contribution is -0.0328. The first-order valence-corrected chi connectivity index (χ1v) is 9.71. The van der Waals surface area contributed by atoms with Gasteiger partial charge in [-0.2, -0.15) is 22.6 Å². The highest BCUT2D eigenvalue weighted by Gasteiger charge is 2.31. The number of benzene rings is 1. The van der Waals surface area contributed by atoms with E-state index in [4.69, 9.17) is 0 Å². The minimum absolute atomic E-state index is 0.00164. The Hall–Kier alpha value is -1.59. The highest BCUT2D eigenvalue weighted by atomic mass is 32.2. The van der Waals surface area contributed by atoms with Gasteiger partial charge in [-0.3, -0.25) is 0 Å². The molecule has 1 fully saturated rings. The van der Waals surface area contributed by atoms with Gasteiger partial charge in [0.15, 0.2) is 0 Å². The van der Waals surface area contributed by atoms with Crippen LogP contribution >= 0.6 is 11.8 Å². The van der Waals surface area contributed by atoms with Crippen LogP contribution in [0.2, 0.25) is 0 Å². The van der Waals surface area contributed by atoms with E-state index in [-0.39, 0.29) is 27.6 Å². The van der Waals surface area contributed by atoms with Gasteiger partial charge in [0.1, 0.15) is 12.7 Å². The number of thioether (sulfide) groups is 1. The molecule has 1 saturated heterocycles. The zero-order chi connectivity index (χ0) is 18.1. The van der Waals surface area contributed by atoms with Crippen LogP contribution in [0.4, 0.5) is 13.2 Å². The van der Waals surface area contributed by atoms with E-state index >= 15 is 0 Å². The fourth-order valence-corrected chi connectivity index (χ4v) is 4.72. The van der Waals surface area contributed by atoms with E-state index in [1.165, 1.54) is 34.9 Å². The molecule has 0 saturated carbocycles. The van der Waals surface area contributed by atoms with Crippen LogP contribution in [0.5, 0.6) is 0 Å². The molecular weight excluding hydrogens is 377 g/mol. The fourth-order valence-electron chi connectivity index (χ4n) is 2.72. The molecule has 136 valence electrons. The summed E-state index contributed by atoms with van der Waals surface area (Å²) in [6.45, 7) is 0.651. The van der Waals surface area contributed by atoms with Crippen LogP contribution in [0, 0.1) is 0 Å². The predicted octanol–water partition coefficient (Wildman–Crippen LogP) is 2.92. The molecule has 0 spiro atoms. The second kappa shape index (κ2) is 6.96. The number of hydrogen-bond acceptors (Lipinski definition) is 5. The Bertz CT molecular complexity index is 800. The van der Waals surface area contributed by atoms with Gasteiger partial charge < -0.3 is 0 Å². The summed E-state index contributed by atoms with van der Waals surface area (Å²) in [4.78, 5) is 3.84. The van der Waals surface area contributed by atoms with Gasteiger partial charge in [0, 0.05) is 18.0 Å². The molecular formula is C14H15F3N4O2S2. The second-order valence-corrected chi connectivity index (χ2v) is 8.61. The first-order chi connectivity index (χ1) is 11.8. The van der Waals surface area contributed by atoms with Gasteiger partial charge in [0.2, 0.25) is 10.0 Å². The van der Waals surface area contributed by atoms with Gasteiger partial charge in [-0.1, -0.05) is 0 Å². The predicted molar refractivity (Wildman–Crippen MR) is 85.4 cm³/mol. The third-order valence-electron chi connectivity index (χ3n) is 3.93. The van der Waals surface area contributed by atoms with Crippen molar-refractivity contribution in [1.29, 1.82) is 0 Å². The highest BCUT2D eigenvalue weighted by Crippen LogP contribution is 2.37. The van der Waals surface area contributed by atoms with Crippen molar-refractivity contribution in [1.82, 2.24) is 19.1 Å². The molecule has 2 heterocycles. The average Bonchev–Trinajstić information content (AvgIpc) is 3.08. The van der Waals surface area contributed by atoms with E-state index < -0.39 is 15.5 Å². The Morgan fingerprint density at radius 1 is 1.12 bits per heavy atom. The van der Waals surface area contributed by atoms with Crippen LogP contribution in [-0.4, -0.2) is 46.1 Å². The summed E-state index contributed by atoms with van der Waals surface area (Å²) in [5.74, 6) is 0. The maximum absolute atomic E-state index is 12.6. The molecule has 0 unspecified atom stereocenters. The van der Waals surface area contributed by atoms with Gasteiger partial charge in [0.25, 0.3) is 0 Å². The molecule has 0 radical (unpaired) electrons. The summed E-state index contributed by atoms with van der Waals surface area (Å²) in [6.07, 6.45) is 4.24. The van der Waals surface area contributed by atoms with E-state index in [2.05, 4.69) is 10.1 Å². The van der Waals surface area contributed by atoms with Crippen LogP contribution in [0.1, 0.15) is 18.9 Å². The van der Waals surface area contributed by atoms with Crippen LogP contribution in [-0.2, 0) is 10.0 Å². The summed E-state index contributed by atoms with van der Waals surface area (Å²) in [5, 5.41) is 4.07. The Labute approximate surface area is 147 Å². The number of aromatic nitrogens is 3. The van der Waals surface area contributed by atoms with Crippen molar-refractivity contribution >= 4 is 21.8 Å². The van der Waals surface area contributed by atoms with Gasteiger partial charge in [-0.15, -0.1) is 0 Å². The second-order valence-electron chi connectivity index (χ2n) is 5.53. The first-order valence-electron chi connectivity index (χ1n) is 7.46. The number of rotatable bonds is 4. The SMILES string of the molecule is O=S(=O)(c1ccc(SC(F)(F)F)cc1)N1CCC(n2cncn2)CC1. The Kier molecular flexibility index (Phi) is 5.07. The number of piperidine rings is 1. The number of halogens is 3. The number of sulfonamides is 1. The molecule has 1 aromatic heterocycles. The molecule has 25 heavy (non-hydrogen) atoms. The average molecular weight is 392 g/mol. The van der Waals surface area contributed by atoms with Gasteiger partial charge in [0.05, 0.1) is 10.9 Å². The molecule has 0 amide bonds. The molecule has 3 rings (SSSR count). The molecule has 11 heteroatoms. The number of nitrogens with zero attached hydrogens (tertiary/aromatic N) is 4. The summed E-state index contributed by atoms with van der Waals surface area (Å²) >= 11 is -0.270. The van der Waals surface area contributed by atoms with E-state index in [1.54, 1.807) is 11.0 Å². The minimum Gasteiger partial charge on any atom is -0.250 e. The maximum Gasteiger partial charge on any atom is 0.446 e. The topological polar surface area (TPSA) is 68.1 Å². The van der Waals surface area contributed by atoms with Crippen LogP contribution < -0.4 is 0 Å². The molecule has 1 aliphatic heterocycles. The molecule has 0 N–H and O–H groups in total. The van der Waals surface area contributed by atoms with Crippen molar-refractivity contribution in [3.63, 3.8) is 0 Å². The normalized spacial score (nSPS) is 17.7. The van der Waals surface area contributed by atoms with E-state index in [0.717, 1.165) is 0 Å². The first kappa shape index (κ1) is 18.2. The Balaban J connectivity index is 1.68. The molecule has 6 nitrogen and oxygen atoms in total. The molecule has 0 bridgehead atoms. The van der Waals surface area contributed by atoms with Crippen molar-refractivity contribution in [2.24, 2.45) is 0 Å². The standard InChI is InChI=1S/C14H15F3N4O2S2/c15-14(16,17)24-12-1-3-13(4-2-12)25(22,23)20-7-5-11(6-8-20)21-10-18-9-19-21/h1-4,9-11H,5-8H2. The zero-order valence-corrected chi connectivity index (χ0v) is 14.6. The number of hydrogen-bond donors (Lipinski definition) is 0. The van der Waals surface area contributed by atoms with Crippen molar-refractivity contribution in [3.8, 4) is 0 Å². The van der Waals surface area contributed by atoms with Gasteiger partial charge in [-0.25, -0.2) is 18.1 Å². The summed E-state index contributed by atoms with van der Waals surface area (Å²) < 4.78 is 65.4. The lowest BCUT2D eigenvalue weighted by Crippen LogP contribution is -2.39. The summed E-state index contributed by atoms with van der Waals surface area (Å²) in [6, 6.07) is 4.87. The van der Waals surface area contributed by atoms with Crippen molar-refractivity contribution in [2.75, 3.05) is 13.1 Å². The van der Waals surface area contributed by atoms with Crippen LogP contribution in [0.25, 0.3) is 0 Å². The van der Waals surface area contributed by atoms with Gasteiger partial charge >= 0.3 is 5.51 Å². The highest BCUT2D eigenvalue weighted by molar-refractivity contribution is 8.00. The lowest BCUT2D eigenvalue weighted by atomic mass is 10.1. The van der Waals surface area contributed by atoms with Crippen molar-refractivity contribution < 1.29 is 21.6 Å². The van der Waals surface area contributed by atoms with Gasteiger partial charge in [-0.05, 0) is 48.9 Å². The van der Waals surface area contributed by atoms with E-state index in [0.29, 0.717) is 25.9 Å². The van der Waals surface area contributed by atoms with Crippen LogP contribution in [0.15, 0.2) is 46.7 Å². The zero-order valence-electron chi connectivity index (χ0n) is 12.9. The minimum atomic E-state index is -4.40. The summed E-state index contributed by atoms with van der Waals surface area (Å²) in [5.41, 5.74) is -4.40. The molecule has 0 aliphatic carbocycles. The van der Waals surface area contributed by atoms with E-state index in [9.17, 15) is 21.6 Å². The third-order valence-corrected chi connectivity index (χ3v) is 6.58. The largest absolute Gasteiger partial charge is 0.446 e.